The molecule has 0 bridgehead atoms. The minimum absolute atomic E-state index is 0.00293. The summed E-state index contributed by atoms with van der Waals surface area (Å²) < 4.78 is 0. The molecule has 0 radical (unpaired) electrons. The van der Waals surface area contributed by atoms with Crippen molar-refractivity contribution in [3.05, 3.63) is 11.9 Å². The minimum atomic E-state index is 0.00293. The summed E-state index contributed by atoms with van der Waals surface area (Å²) in [6, 6.07) is 1.62. The number of hydrogen-bond donors (Lipinski definition) is 3. The summed E-state index contributed by atoms with van der Waals surface area (Å²) in [5, 5.41) is 17.7. The minimum Gasteiger partial charge on any atom is -0.395 e. The van der Waals surface area contributed by atoms with Gasteiger partial charge in [0.05, 0.1) is 13.2 Å². The van der Waals surface area contributed by atoms with Crippen LogP contribution in [-0.2, 0) is 0 Å². The molecule has 0 unspecified atom stereocenters. The third-order valence-electron chi connectivity index (χ3n) is 1.91. The van der Waals surface area contributed by atoms with E-state index in [9.17, 15) is 0 Å². The lowest BCUT2D eigenvalue weighted by Gasteiger charge is -2.21. The molecule has 1 heterocycles. The third-order valence-corrected chi connectivity index (χ3v) is 1.91. The van der Waals surface area contributed by atoms with Crippen LogP contribution in [0.4, 0.5) is 11.6 Å². The maximum absolute atomic E-state index is 8.87. The van der Waals surface area contributed by atoms with Crippen molar-refractivity contribution in [3.63, 3.8) is 0 Å². The number of aliphatic hydroxyl groups excluding tert-OH is 2. The standard InChI is InChI=1S/C9H16N4O2/c1-7-11-8(10)6-9(12-7)13(2-4-14)3-5-15/h6,14-15H,2-5H2,1H3,(H2,10,11,12). The Morgan fingerprint density at radius 3 is 2.33 bits per heavy atom. The van der Waals surface area contributed by atoms with E-state index in [0.29, 0.717) is 30.5 Å². The Labute approximate surface area is 88.4 Å². The number of rotatable bonds is 5. The van der Waals surface area contributed by atoms with Crippen LogP contribution in [-0.4, -0.2) is 46.5 Å². The van der Waals surface area contributed by atoms with Crippen LogP contribution in [0.2, 0.25) is 0 Å². The molecular weight excluding hydrogens is 196 g/mol. The molecule has 0 aliphatic rings. The summed E-state index contributed by atoms with van der Waals surface area (Å²) in [5.41, 5.74) is 5.59. The number of nitrogens with zero attached hydrogens (tertiary/aromatic N) is 3. The predicted octanol–water partition coefficient (Wildman–Crippen LogP) is -0.842. The van der Waals surface area contributed by atoms with Crippen LogP contribution < -0.4 is 10.6 Å². The van der Waals surface area contributed by atoms with Gasteiger partial charge in [-0.05, 0) is 6.92 Å². The van der Waals surface area contributed by atoms with Crippen LogP contribution in [0.1, 0.15) is 5.82 Å². The number of nitrogen functional groups attached to an aromatic ring is 1. The van der Waals surface area contributed by atoms with E-state index in [1.54, 1.807) is 17.9 Å². The summed E-state index contributed by atoms with van der Waals surface area (Å²) in [6.07, 6.45) is 0. The van der Waals surface area contributed by atoms with E-state index in [1.165, 1.54) is 0 Å². The molecule has 0 spiro atoms. The molecule has 4 N–H and O–H groups in total. The van der Waals surface area contributed by atoms with Gasteiger partial charge in [0.25, 0.3) is 0 Å². The Bertz CT molecular complexity index is 293. The molecule has 0 amide bonds. The van der Waals surface area contributed by atoms with Gasteiger partial charge in [-0.25, -0.2) is 9.97 Å². The van der Waals surface area contributed by atoms with Gasteiger partial charge in [-0.1, -0.05) is 0 Å². The van der Waals surface area contributed by atoms with E-state index in [1.807, 2.05) is 0 Å². The van der Waals surface area contributed by atoms with Gasteiger partial charge in [0.15, 0.2) is 0 Å². The average Bonchev–Trinajstić information content (AvgIpc) is 2.16. The van der Waals surface area contributed by atoms with Gasteiger partial charge in [0.2, 0.25) is 0 Å². The molecule has 6 nitrogen and oxygen atoms in total. The zero-order valence-electron chi connectivity index (χ0n) is 8.72. The molecule has 0 saturated carbocycles. The monoisotopic (exact) mass is 212 g/mol. The van der Waals surface area contributed by atoms with Crippen LogP contribution in [0.25, 0.3) is 0 Å². The molecule has 6 heteroatoms. The molecule has 0 atom stereocenters. The predicted molar refractivity (Wildman–Crippen MR) is 57.6 cm³/mol. The topological polar surface area (TPSA) is 95.5 Å². The van der Waals surface area contributed by atoms with E-state index < -0.39 is 0 Å². The van der Waals surface area contributed by atoms with Crippen LogP contribution in [0, 0.1) is 6.92 Å². The fourth-order valence-electron chi connectivity index (χ4n) is 1.32. The van der Waals surface area contributed by atoms with E-state index in [4.69, 9.17) is 15.9 Å². The van der Waals surface area contributed by atoms with Crippen LogP contribution in [0.15, 0.2) is 6.07 Å². The van der Waals surface area contributed by atoms with Crippen molar-refractivity contribution in [2.24, 2.45) is 0 Å². The van der Waals surface area contributed by atoms with Crippen LogP contribution in [0.3, 0.4) is 0 Å². The molecule has 15 heavy (non-hydrogen) atoms. The summed E-state index contributed by atoms with van der Waals surface area (Å²) in [6.45, 7) is 2.58. The van der Waals surface area contributed by atoms with Gasteiger partial charge in [-0.3, -0.25) is 0 Å². The number of aromatic nitrogens is 2. The number of aliphatic hydroxyl groups is 2. The summed E-state index contributed by atoms with van der Waals surface area (Å²) in [5.74, 6) is 1.59. The second kappa shape index (κ2) is 5.47. The van der Waals surface area contributed by atoms with Gasteiger partial charge < -0.3 is 20.8 Å². The van der Waals surface area contributed by atoms with Gasteiger partial charge in [-0.2, -0.15) is 0 Å². The highest BCUT2D eigenvalue weighted by atomic mass is 16.3. The number of hydrogen-bond acceptors (Lipinski definition) is 6. The lowest BCUT2D eigenvalue weighted by Crippen LogP contribution is -2.30. The maximum Gasteiger partial charge on any atom is 0.134 e. The molecule has 1 aromatic heterocycles. The normalized spacial score (nSPS) is 10.3. The molecule has 0 saturated heterocycles. The molecule has 0 aliphatic heterocycles. The number of aryl methyl sites for hydroxylation is 1. The van der Waals surface area contributed by atoms with Crippen molar-refractivity contribution in [1.82, 2.24) is 9.97 Å². The second-order valence-corrected chi connectivity index (χ2v) is 3.13. The van der Waals surface area contributed by atoms with Gasteiger partial charge in [0, 0.05) is 19.2 Å². The van der Waals surface area contributed by atoms with E-state index in [2.05, 4.69) is 9.97 Å². The zero-order chi connectivity index (χ0) is 11.3. The van der Waals surface area contributed by atoms with E-state index in [-0.39, 0.29) is 13.2 Å². The molecule has 1 aromatic rings. The highest BCUT2D eigenvalue weighted by Crippen LogP contribution is 2.12. The van der Waals surface area contributed by atoms with Gasteiger partial charge >= 0.3 is 0 Å². The van der Waals surface area contributed by atoms with Crippen LogP contribution >= 0.6 is 0 Å². The third kappa shape index (κ3) is 3.34. The molecule has 0 aliphatic carbocycles. The first kappa shape index (κ1) is 11.7. The van der Waals surface area contributed by atoms with Crippen molar-refractivity contribution in [2.75, 3.05) is 36.9 Å². The molecule has 84 valence electrons. The van der Waals surface area contributed by atoms with Crippen molar-refractivity contribution >= 4 is 11.6 Å². The van der Waals surface area contributed by atoms with Gasteiger partial charge in [0.1, 0.15) is 17.5 Å². The average molecular weight is 212 g/mol. The summed E-state index contributed by atoms with van der Waals surface area (Å²) >= 11 is 0. The zero-order valence-corrected chi connectivity index (χ0v) is 8.72. The van der Waals surface area contributed by atoms with Gasteiger partial charge in [-0.15, -0.1) is 0 Å². The van der Waals surface area contributed by atoms with Crippen molar-refractivity contribution in [2.45, 2.75) is 6.92 Å². The number of anilines is 2. The second-order valence-electron chi connectivity index (χ2n) is 3.13. The molecule has 0 aromatic carbocycles. The Morgan fingerprint density at radius 1 is 1.27 bits per heavy atom. The first-order valence-corrected chi connectivity index (χ1v) is 4.75. The fraction of sp³-hybridized carbons (Fsp3) is 0.556. The number of nitrogens with two attached hydrogens (primary N) is 1. The smallest absolute Gasteiger partial charge is 0.134 e. The highest BCUT2D eigenvalue weighted by Gasteiger charge is 2.08. The van der Waals surface area contributed by atoms with Crippen molar-refractivity contribution < 1.29 is 10.2 Å². The largest absolute Gasteiger partial charge is 0.395 e. The van der Waals surface area contributed by atoms with E-state index in [0.717, 1.165) is 0 Å². The molecular formula is C9H16N4O2. The maximum atomic E-state index is 8.87. The summed E-state index contributed by atoms with van der Waals surface area (Å²) in [7, 11) is 0. The molecule has 1 rings (SSSR count). The van der Waals surface area contributed by atoms with E-state index >= 15 is 0 Å². The Hall–Kier alpha value is -1.40. The van der Waals surface area contributed by atoms with Crippen LogP contribution in [0.5, 0.6) is 0 Å². The fourth-order valence-corrected chi connectivity index (χ4v) is 1.32. The lowest BCUT2D eigenvalue weighted by molar-refractivity contribution is 0.280. The Morgan fingerprint density at radius 2 is 1.87 bits per heavy atom. The molecule has 0 fully saturated rings. The summed E-state index contributed by atoms with van der Waals surface area (Å²) in [4.78, 5) is 9.89. The SMILES string of the molecule is Cc1nc(N)cc(N(CCO)CCO)n1. The quantitative estimate of drug-likeness (QED) is 0.589. The van der Waals surface area contributed by atoms with Crippen molar-refractivity contribution in [1.29, 1.82) is 0 Å². The Kier molecular flexibility index (Phi) is 4.26. The highest BCUT2D eigenvalue weighted by molar-refractivity contribution is 5.46. The lowest BCUT2D eigenvalue weighted by atomic mass is 10.4. The first-order valence-electron chi connectivity index (χ1n) is 4.75. The van der Waals surface area contributed by atoms with Crippen molar-refractivity contribution in [3.8, 4) is 0 Å². The first-order chi connectivity index (χ1) is 7.17. The Balaban J connectivity index is 2.88.